The molecular formula is C13H21N3O2. The highest BCUT2D eigenvalue weighted by Gasteiger charge is 2.50. The number of aromatic nitrogens is 2. The molecule has 0 amide bonds. The quantitative estimate of drug-likeness (QED) is 0.796. The van der Waals surface area contributed by atoms with E-state index in [2.05, 4.69) is 14.5 Å². The van der Waals surface area contributed by atoms with Crippen LogP contribution in [0.1, 0.15) is 18.7 Å². The van der Waals surface area contributed by atoms with E-state index < -0.39 is 0 Å². The molecule has 5 nitrogen and oxygen atoms in total. The Labute approximate surface area is 108 Å². The van der Waals surface area contributed by atoms with Crippen LogP contribution in [0.4, 0.5) is 0 Å². The van der Waals surface area contributed by atoms with Crippen molar-refractivity contribution in [3.63, 3.8) is 0 Å². The van der Waals surface area contributed by atoms with Gasteiger partial charge in [-0.05, 0) is 12.8 Å². The second-order valence-electron chi connectivity index (χ2n) is 5.37. The highest BCUT2D eigenvalue weighted by molar-refractivity contribution is 5.04. The summed E-state index contributed by atoms with van der Waals surface area (Å²) in [5.41, 5.74) is -0.0695. The first-order valence-electron chi connectivity index (χ1n) is 6.59. The molecule has 0 aliphatic carbocycles. The van der Waals surface area contributed by atoms with Gasteiger partial charge in [0.25, 0.3) is 0 Å². The van der Waals surface area contributed by atoms with E-state index >= 15 is 0 Å². The molecule has 2 saturated heterocycles. The minimum atomic E-state index is -0.0695. The number of methoxy groups -OCH3 is 1. The number of ether oxygens (including phenoxy) is 2. The summed E-state index contributed by atoms with van der Waals surface area (Å²) in [6.07, 6.45) is 6.29. The van der Waals surface area contributed by atoms with Gasteiger partial charge in [0.05, 0.1) is 12.6 Å². The molecule has 0 bridgehead atoms. The fraction of sp³-hybridized carbons (Fsp3) is 0.769. The fourth-order valence-electron chi connectivity index (χ4n) is 3.20. The Morgan fingerprint density at radius 2 is 2.50 bits per heavy atom. The lowest BCUT2D eigenvalue weighted by atomic mass is 9.97. The van der Waals surface area contributed by atoms with Gasteiger partial charge in [0.2, 0.25) is 0 Å². The van der Waals surface area contributed by atoms with Crippen LogP contribution in [-0.2, 0) is 23.1 Å². The van der Waals surface area contributed by atoms with Gasteiger partial charge >= 0.3 is 0 Å². The van der Waals surface area contributed by atoms with Crippen molar-refractivity contribution in [1.82, 2.24) is 14.5 Å². The van der Waals surface area contributed by atoms with Gasteiger partial charge in [-0.25, -0.2) is 4.98 Å². The van der Waals surface area contributed by atoms with Crippen LogP contribution in [0.2, 0.25) is 0 Å². The maximum atomic E-state index is 5.99. The van der Waals surface area contributed by atoms with Crippen molar-refractivity contribution < 1.29 is 9.47 Å². The molecule has 2 atom stereocenters. The monoisotopic (exact) mass is 251 g/mol. The van der Waals surface area contributed by atoms with E-state index in [1.54, 1.807) is 7.11 Å². The Morgan fingerprint density at radius 1 is 1.61 bits per heavy atom. The summed E-state index contributed by atoms with van der Waals surface area (Å²) in [4.78, 5) is 6.78. The van der Waals surface area contributed by atoms with Crippen LogP contribution in [0.3, 0.4) is 0 Å². The molecule has 1 aromatic heterocycles. The third kappa shape index (κ3) is 1.96. The molecule has 3 rings (SSSR count). The SMILES string of the molecule is CO[C@H]1CN(Cc2nccn2C)C[C@@]12CCCO2. The molecule has 0 aromatic carbocycles. The maximum Gasteiger partial charge on any atom is 0.122 e. The predicted molar refractivity (Wildman–Crippen MR) is 67.2 cm³/mol. The first kappa shape index (κ1) is 12.1. The van der Waals surface area contributed by atoms with E-state index in [-0.39, 0.29) is 11.7 Å². The molecule has 2 aliphatic rings. The van der Waals surface area contributed by atoms with Gasteiger partial charge in [-0.15, -0.1) is 0 Å². The van der Waals surface area contributed by atoms with Crippen LogP contribution in [0, 0.1) is 0 Å². The Morgan fingerprint density at radius 3 is 3.11 bits per heavy atom. The zero-order valence-electron chi connectivity index (χ0n) is 11.1. The van der Waals surface area contributed by atoms with Crippen LogP contribution < -0.4 is 0 Å². The Bertz CT molecular complexity index is 412. The largest absolute Gasteiger partial charge is 0.377 e. The van der Waals surface area contributed by atoms with Gasteiger partial charge in [0.15, 0.2) is 0 Å². The van der Waals surface area contributed by atoms with E-state index in [1.165, 1.54) is 0 Å². The molecule has 3 heterocycles. The molecule has 2 aliphatic heterocycles. The summed E-state index contributed by atoms with van der Waals surface area (Å²) in [5.74, 6) is 1.10. The topological polar surface area (TPSA) is 39.5 Å². The summed E-state index contributed by atoms with van der Waals surface area (Å²) in [5, 5.41) is 0. The third-order valence-electron chi connectivity index (χ3n) is 4.21. The van der Waals surface area contributed by atoms with Gasteiger partial charge in [0.1, 0.15) is 11.4 Å². The van der Waals surface area contributed by atoms with Crippen molar-refractivity contribution in [3.05, 3.63) is 18.2 Å². The minimum Gasteiger partial charge on any atom is -0.377 e. The number of rotatable bonds is 3. The van der Waals surface area contributed by atoms with Crippen LogP contribution in [0.15, 0.2) is 12.4 Å². The lowest BCUT2D eigenvalue weighted by Crippen LogP contribution is -2.42. The average Bonchev–Trinajstić information content (AvgIpc) is 3.05. The Kier molecular flexibility index (Phi) is 3.13. The van der Waals surface area contributed by atoms with Crippen molar-refractivity contribution in [2.24, 2.45) is 7.05 Å². The van der Waals surface area contributed by atoms with Crippen LogP contribution >= 0.6 is 0 Å². The average molecular weight is 251 g/mol. The van der Waals surface area contributed by atoms with Gasteiger partial charge in [0, 0.05) is 46.2 Å². The standard InChI is InChI=1S/C13H21N3O2/c1-15-6-5-14-12(15)9-16-8-11(17-2)13(10-16)4-3-7-18-13/h5-6,11H,3-4,7-10H2,1-2H3/t11-,13-/m0/s1. The van der Waals surface area contributed by atoms with Crippen molar-refractivity contribution in [1.29, 1.82) is 0 Å². The minimum absolute atomic E-state index is 0.0695. The first-order chi connectivity index (χ1) is 8.73. The lowest BCUT2D eigenvalue weighted by molar-refractivity contribution is -0.0756. The van der Waals surface area contributed by atoms with Gasteiger partial charge in [-0.2, -0.15) is 0 Å². The van der Waals surface area contributed by atoms with E-state index in [4.69, 9.17) is 9.47 Å². The van der Waals surface area contributed by atoms with Gasteiger partial charge in [-0.1, -0.05) is 0 Å². The highest BCUT2D eigenvalue weighted by atomic mass is 16.6. The second-order valence-corrected chi connectivity index (χ2v) is 5.37. The van der Waals surface area contributed by atoms with Crippen molar-refractivity contribution >= 4 is 0 Å². The van der Waals surface area contributed by atoms with Gasteiger partial charge < -0.3 is 14.0 Å². The number of imidazole rings is 1. The van der Waals surface area contributed by atoms with Crippen LogP contribution in [0.5, 0.6) is 0 Å². The molecule has 1 aromatic rings. The van der Waals surface area contributed by atoms with Crippen molar-refractivity contribution in [3.8, 4) is 0 Å². The van der Waals surface area contributed by atoms with Crippen LogP contribution in [0.25, 0.3) is 0 Å². The molecular weight excluding hydrogens is 230 g/mol. The normalized spacial score (nSPS) is 32.7. The third-order valence-corrected chi connectivity index (χ3v) is 4.21. The molecule has 100 valence electrons. The smallest absolute Gasteiger partial charge is 0.122 e. The molecule has 2 fully saturated rings. The molecule has 18 heavy (non-hydrogen) atoms. The Balaban J connectivity index is 1.71. The summed E-state index contributed by atoms with van der Waals surface area (Å²) in [6.45, 7) is 3.63. The summed E-state index contributed by atoms with van der Waals surface area (Å²) < 4.78 is 13.7. The number of likely N-dealkylation sites (tertiary alicyclic amines) is 1. The predicted octanol–water partition coefficient (Wildman–Crippen LogP) is 0.800. The van der Waals surface area contributed by atoms with E-state index in [0.717, 1.165) is 44.9 Å². The second kappa shape index (κ2) is 4.64. The molecule has 0 unspecified atom stereocenters. The van der Waals surface area contributed by atoms with E-state index in [1.807, 2.05) is 19.4 Å². The van der Waals surface area contributed by atoms with E-state index in [0.29, 0.717) is 0 Å². The molecule has 0 N–H and O–H groups in total. The molecule has 0 saturated carbocycles. The summed E-state index contributed by atoms with van der Waals surface area (Å²) in [7, 11) is 3.83. The summed E-state index contributed by atoms with van der Waals surface area (Å²) in [6, 6.07) is 0. The fourth-order valence-corrected chi connectivity index (χ4v) is 3.20. The Hall–Kier alpha value is -0.910. The van der Waals surface area contributed by atoms with Crippen LogP contribution in [-0.4, -0.2) is 53.0 Å². The molecule has 0 radical (unpaired) electrons. The van der Waals surface area contributed by atoms with Gasteiger partial charge in [-0.3, -0.25) is 4.90 Å². The zero-order valence-corrected chi connectivity index (χ0v) is 11.1. The number of aryl methyl sites for hydroxylation is 1. The zero-order chi connectivity index (χ0) is 12.6. The number of hydrogen-bond donors (Lipinski definition) is 0. The first-order valence-corrected chi connectivity index (χ1v) is 6.59. The number of hydrogen-bond acceptors (Lipinski definition) is 4. The maximum absolute atomic E-state index is 5.99. The lowest BCUT2D eigenvalue weighted by Gasteiger charge is -2.28. The van der Waals surface area contributed by atoms with E-state index in [9.17, 15) is 0 Å². The number of nitrogens with zero attached hydrogens (tertiary/aromatic N) is 3. The molecule has 5 heteroatoms. The van der Waals surface area contributed by atoms with Crippen molar-refractivity contribution in [2.75, 3.05) is 26.8 Å². The summed E-state index contributed by atoms with van der Waals surface area (Å²) >= 11 is 0. The van der Waals surface area contributed by atoms with Crippen molar-refractivity contribution in [2.45, 2.75) is 31.1 Å². The highest BCUT2D eigenvalue weighted by Crippen LogP contribution is 2.37. The molecule has 1 spiro atoms.